The van der Waals surface area contributed by atoms with E-state index >= 15 is 0 Å². The van der Waals surface area contributed by atoms with E-state index in [1.165, 1.54) is 10.7 Å². The Balaban J connectivity index is 2.72. The minimum atomic E-state index is 0.220. The fraction of sp³-hybridized carbons (Fsp3) is 0.667. The first kappa shape index (κ1) is 8.85. The molecule has 0 unspecified atom stereocenters. The second kappa shape index (κ2) is 3.02. The summed E-state index contributed by atoms with van der Waals surface area (Å²) in [5.74, 6) is 0. The number of hydrogen-bond donors (Lipinski definition) is 0. The summed E-state index contributed by atoms with van der Waals surface area (Å²) >= 11 is 1.75. The average molecular weight is 169 g/mol. The van der Waals surface area contributed by atoms with Crippen LogP contribution < -0.4 is 0 Å². The normalized spacial score (nSPS) is 18.2. The molecule has 0 aromatic carbocycles. The minimum absolute atomic E-state index is 0.220. The van der Waals surface area contributed by atoms with Crippen molar-refractivity contribution in [2.45, 2.75) is 27.2 Å². The quantitative estimate of drug-likeness (QED) is 0.543. The predicted molar refractivity (Wildman–Crippen MR) is 53.1 cm³/mol. The van der Waals surface area contributed by atoms with Crippen LogP contribution in [0.4, 0.5) is 0 Å². The molecule has 0 atom stereocenters. The lowest BCUT2D eigenvalue weighted by Gasteiger charge is -2.16. The summed E-state index contributed by atoms with van der Waals surface area (Å²) in [7, 11) is 0. The molecule has 0 aliphatic carbocycles. The van der Waals surface area contributed by atoms with Crippen LogP contribution in [0.3, 0.4) is 0 Å². The molecule has 0 radical (unpaired) electrons. The Bertz CT molecular complexity index is 208. The van der Waals surface area contributed by atoms with Gasteiger partial charge in [-0.05, 0) is 6.26 Å². The van der Waals surface area contributed by atoms with Crippen LogP contribution in [0, 0.1) is 5.41 Å². The third-order valence-electron chi connectivity index (χ3n) is 1.72. The summed E-state index contributed by atoms with van der Waals surface area (Å²) in [5, 5.41) is 1.25. The molecule has 0 amide bonds. The molecule has 1 rings (SSSR count). The summed E-state index contributed by atoms with van der Waals surface area (Å²) in [6.45, 7) is 6.60. The van der Waals surface area contributed by atoms with Crippen molar-refractivity contribution in [1.29, 1.82) is 0 Å². The standard InChI is InChI=1S/C9H15NS/c1-9(2,3)7-5-6-8(10-7)11-4/h5H,6H2,1-4H3. The highest BCUT2D eigenvalue weighted by Crippen LogP contribution is 2.31. The van der Waals surface area contributed by atoms with Crippen molar-refractivity contribution in [3.05, 3.63) is 11.8 Å². The van der Waals surface area contributed by atoms with Crippen molar-refractivity contribution in [3.63, 3.8) is 0 Å². The van der Waals surface area contributed by atoms with Gasteiger partial charge in [-0.2, -0.15) is 0 Å². The zero-order valence-corrected chi connectivity index (χ0v) is 8.46. The Labute approximate surface area is 73.0 Å². The van der Waals surface area contributed by atoms with Gasteiger partial charge >= 0.3 is 0 Å². The second-order valence-corrected chi connectivity index (χ2v) is 4.63. The van der Waals surface area contributed by atoms with Gasteiger partial charge < -0.3 is 0 Å². The van der Waals surface area contributed by atoms with Gasteiger partial charge in [0.25, 0.3) is 0 Å². The maximum absolute atomic E-state index is 4.52. The lowest BCUT2D eigenvalue weighted by atomic mass is 9.92. The van der Waals surface area contributed by atoms with Gasteiger partial charge in [0.1, 0.15) is 0 Å². The molecule has 1 heterocycles. The SMILES string of the molecule is CSC1=NC(C(C)(C)C)=CC1. The molecule has 2 heteroatoms. The van der Waals surface area contributed by atoms with Crippen LogP contribution in [0.25, 0.3) is 0 Å². The number of hydrogen-bond acceptors (Lipinski definition) is 2. The first-order valence-electron chi connectivity index (χ1n) is 3.86. The maximum atomic E-state index is 4.52. The largest absolute Gasteiger partial charge is 0.250 e. The molecule has 1 aliphatic heterocycles. The van der Waals surface area contributed by atoms with Gasteiger partial charge in [0, 0.05) is 17.5 Å². The van der Waals surface area contributed by atoms with Crippen LogP contribution in [0.2, 0.25) is 0 Å². The minimum Gasteiger partial charge on any atom is -0.250 e. The molecule has 0 fully saturated rings. The van der Waals surface area contributed by atoms with Crippen molar-refractivity contribution in [2.24, 2.45) is 10.4 Å². The van der Waals surface area contributed by atoms with Gasteiger partial charge in [-0.1, -0.05) is 26.8 Å². The molecular formula is C9H15NS. The summed E-state index contributed by atoms with van der Waals surface area (Å²) in [6, 6.07) is 0. The Morgan fingerprint density at radius 1 is 1.45 bits per heavy atom. The van der Waals surface area contributed by atoms with Crippen molar-refractivity contribution in [3.8, 4) is 0 Å². The van der Waals surface area contributed by atoms with Gasteiger partial charge in [-0.15, -0.1) is 11.8 Å². The summed E-state index contributed by atoms with van der Waals surface area (Å²) in [5.41, 5.74) is 1.46. The molecular weight excluding hydrogens is 154 g/mol. The fourth-order valence-electron chi connectivity index (χ4n) is 1.01. The molecule has 0 spiro atoms. The maximum Gasteiger partial charge on any atom is 0.0770 e. The lowest BCUT2D eigenvalue weighted by molar-refractivity contribution is 0.500. The average Bonchev–Trinajstić information content (AvgIpc) is 2.32. The van der Waals surface area contributed by atoms with Crippen molar-refractivity contribution < 1.29 is 0 Å². The Hall–Kier alpha value is -0.240. The lowest BCUT2D eigenvalue weighted by Crippen LogP contribution is -2.05. The number of rotatable bonds is 0. The predicted octanol–water partition coefficient (Wildman–Crippen LogP) is 3.08. The van der Waals surface area contributed by atoms with Gasteiger partial charge in [-0.25, -0.2) is 0 Å². The first-order chi connectivity index (χ1) is 5.04. The first-order valence-corrected chi connectivity index (χ1v) is 5.08. The summed E-state index contributed by atoms with van der Waals surface area (Å²) in [4.78, 5) is 4.52. The molecule has 0 saturated heterocycles. The molecule has 1 nitrogen and oxygen atoms in total. The zero-order chi connectivity index (χ0) is 8.48. The van der Waals surface area contributed by atoms with Crippen LogP contribution in [-0.2, 0) is 0 Å². The highest BCUT2D eigenvalue weighted by atomic mass is 32.2. The van der Waals surface area contributed by atoms with E-state index in [9.17, 15) is 0 Å². The Morgan fingerprint density at radius 2 is 2.09 bits per heavy atom. The number of aliphatic imine (C=N–C) groups is 1. The molecule has 0 bridgehead atoms. The Morgan fingerprint density at radius 3 is 2.36 bits per heavy atom. The van der Waals surface area contributed by atoms with Crippen LogP contribution in [-0.4, -0.2) is 11.3 Å². The van der Waals surface area contributed by atoms with Gasteiger partial charge in [0.15, 0.2) is 0 Å². The molecule has 0 aromatic heterocycles. The molecule has 11 heavy (non-hydrogen) atoms. The van der Waals surface area contributed by atoms with E-state index in [4.69, 9.17) is 0 Å². The van der Waals surface area contributed by atoms with E-state index in [0.717, 1.165) is 6.42 Å². The fourth-order valence-corrected chi connectivity index (χ4v) is 1.45. The number of nitrogens with zero attached hydrogens (tertiary/aromatic N) is 1. The van der Waals surface area contributed by atoms with E-state index in [0.29, 0.717) is 0 Å². The van der Waals surface area contributed by atoms with Crippen molar-refractivity contribution >= 4 is 16.8 Å². The zero-order valence-electron chi connectivity index (χ0n) is 7.64. The third-order valence-corrected chi connectivity index (χ3v) is 2.45. The molecule has 0 N–H and O–H groups in total. The van der Waals surface area contributed by atoms with Crippen LogP contribution in [0.15, 0.2) is 16.8 Å². The van der Waals surface area contributed by atoms with E-state index in [2.05, 4.69) is 38.1 Å². The third kappa shape index (κ3) is 2.09. The molecule has 1 aliphatic rings. The highest BCUT2D eigenvalue weighted by molar-refractivity contribution is 8.13. The van der Waals surface area contributed by atoms with E-state index in [1.807, 2.05) is 0 Å². The van der Waals surface area contributed by atoms with Crippen LogP contribution in [0.1, 0.15) is 27.2 Å². The van der Waals surface area contributed by atoms with E-state index in [-0.39, 0.29) is 5.41 Å². The van der Waals surface area contributed by atoms with E-state index < -0.39 is 0 Å². The molecule has 0 aromatic rings. The summed E-state index contributed by atoms with van der Waals surface area (Å²) in [6.07, 6.45) is 5.35. The van der Waals surface area contributed by atoms with Gasteiger partial charge in [0.2, 0.25) is 0 Å². The number of allylic oxidation sites excluding steroid dienone is 2. The van der Waals surface area contributed by atoms with Crippen LogP contribution in [0.5, 0.6) is 0 Å². The van der Waals surface area contributed by atoms with E-state index in [1.54, 1.807) is 11.8 Å². The number of thioether (sulfide) groups is 1. The van der Waals surface area contributed by atoms with Crippen molar-refractivity contribution in [2.75, 3.05) is 6.26 Å². The highest BCUT2D eigenvalue weighted by Gasteiger charge is 2.20. The molecule has 62 valence electrons. The monoisotopic (exact) mass is 169 g/mol. The summed E-state index contributed by atoms with van der Waals surface area (Å²) < 4.78 is 0. The molecule has 0 saturated carbocycles. The van der Waals surface area contributed by atoms with Crippen LogP contribution >= 0.6 is 11.8 Å². The Kier molecular flexibility index (Phi) is 2.43. The second-order valence-electron chi connectivity index (χ2n) is 3.75. The smallest absolute Gasteiger partial charge is 0.0770 e. The topological polar surface area (TPSA) is 12.4 Å². The van der Waals surface area contributed by atoms with Gasteiger partial charge in [-0.3, -0.25) is 4.99 Å². The van der Waals surface area contributed by atoms with Crippen molar-refractivity contribution in [1.82, 2.24) is 0 Å². The van der Waals surface area contributed by atoms with Gasteiger partial charge in [0.05, 0.1) is 5.04 Å².